The van der Waals surface area contributed by atoms with Crippen molar-refractivity contribution < 1.29 is 13.2 Å². The number of hydrogen-bond acceptors (Lipinski definition) is 3. The minimum Gasteiger partial charge on any atom is -0.351 e. The predicted molar refractivity (Wildman–Crippen MR) is 131 cm³/mol. The van der Waals surface area contributed by atoms with Gasteiger partial charge in [0.1, 0.15) is 0 Å². The molecule has 0 saturated heterocycles. The van der Waals surface area contributed by atoms with E-state index < -0.39 is 15.9 Å². The van der Waals surface area contributed by atoms with Crippen molar-refractivity contribution in [1.29, 1.82) is 0 Å². The molecule has 9 heteroatoms. The number of rotatable bonds is 9. The van der Waals surface area contributed by atoms with Crippen LogP contribution in [0, 0.1) is 0 Å². The highest BCUT2D eigenvalue weighted by atomic mass is 79.9. The minimum atomic E-state index is -3.87. The van der Waals surface area contributed by atoms with Crippen LogP contribution in [0.5, 0.6) is 0 Å². The Morgan fingerprint density at radius 2 is 1.66 bits per heavy atom. The Bertz CT molecular complexity index is 1170. The zero-order valence-corrected chi connectivity index (χ0v) is 20.9. The van der Waals surface area contributed by atoms with E-state index in [1.54, 1.807) is 30.3 Å². The molecule has 0 radical (unpaired) electrons. The molecule has 0 bridgehead atoms. The number of benzene rings is 3. The lowest BCUT2D eigenvalue weighted by Crippen LogP contribution is -2.41. The molecule has 3 aromatic carbocycles. The lowest BCUT2D eigenvalue weighted by molar-refractivity contribution is -0.121. The molecule has 32 heavy (non-hydrogen) atoms. The second kappa shape index (κ2) is 11.3. The number of hydrogen-bond donors (Lipinski definition) is 1. The van der Waals surface area contributed by atoms with E-state index in [2.05, 4.69) is 21.2 Å². The third-order valence-corrected chi connectivity index (χ3v) is 7.73. The summed E-state index contributed by atoms with van der Waals surface area (Å²) < 4.78 is 28.5. The van der Waals surface area contributed by atoms with Crippen LogP contribution in [-0.2, 0) is 27.8 Å². The zero-order chi connectivity index (χ0) is 23.1. The number of sulfonamides is 1. The van der Waals surface area contributed by atoms with Crippen molar-refractivity contribution in [3.8, 4) is 0 Å². The molecule has 168 valence electrons. The summed E-state index contributed by atoms with van der Waals surface area (Å²) in [5.74, 6) is -0.426. The highest BCUT2D eigenvalue weighted by molar-refractivity contribution is 9.10. The molecule has 0 aliphatic carbocycles. The number of amides is 1. The first-order chi connectivity index (χ1) is 15.3. The number of nitrogens with one attached hydrogen (secondary N) is 1. The van der Waals surface area contributed by atoms with Crippen molar-refractivity contribution in [1.82, 2.24) is 9.62 Å². The van der Waals surface area contributed by atoms with E-state index in [1.165, 1.54) is 16.4 Å². The topological polar surface area (TPSA) is 66.5 Å². The molecule has 1 N–H and O–H groups in total. The van der Waals surface area contributed by atoms with E-state index in [0.29, 0.717) is 22.0 Å². The fourth-order valence-corrected chi connectivity index (χ4v) is 5.15. The van der Waals surface area contributed by atoms with Gasteiger partial charge in [0.05, 0.1) is 11.4 Å². The Morgan fingerprint density at radius 1 is 0.969 bits per heavy atom. The van der Waals surface area contributed by atoms with Gasteiger partial charge in [-0.3, -0.25) is 4.79 Å². The van der Waals surface area contributed by atoms with Gasteiger partial charge in [-0.15, -0.1) is 0 Å². The SMILES string of the molecule is O=C(CN(CCc1ccccc1)S(=O)(=O)c1ccc(Br)cc1)NCc1ccc(Cl)cc1Cl. The number of carbonyl (C=O) groups excluding carboxylic acids is 1. The van der Waals surface area contributed by atoms with Gasteiger partial charge in [-0.05, 0) is 53.9 Å². The standard InChI is InChI=1S/C23H21BrCl2N2O3S/c24-19-7-10-21(11-8-19)32(30,31)28(13-12-17-4-2-1-3-5-17)16-23(29)27-15-18-6-9-20(25)14-22(18)26/h1-11,14H,12-13,15-16H2,(H,27,29). The van der Waals surface area contributed by atoms with Crippen LogP contribution in [0.3, 0.4) is 0 Å². The average Bonchev–Trinajstić information content (AvgIpc) is 2.77. The molecule has 0 heterocycles. The van der Waals surface area contributed by atoms with Crippen molar-refractivity contribution in [3.63, 3.8) is 0 Å². The highest BCUT2D eigenvalue weighted by Crippen LogP contribution is 2.21. The second-order valence-electron chi connectivity index (χ2n) is 7.04. The van der Waals surface area contributed by atoms with E-state index in [9.17, 15) is 13.2 Å². The first kappa shape index (κ1) is 24.7. The van der Waals surface area contributed by atoms with Crippen molar-refractivity contribution in [2.75, 3.05) is 13.1 Å². The highest BCUT2D eigenvalue weighted by Gasteiger charge is 2.26. The monoisotopic (exact) mass is 554 g/mol. The maximum atomic E-state index is 13.3. The van der Waals surface area contributed by atoms with E-state index in [-0.39, 0.29) is 24.5 Å². The van der Waals surface area contributed by atoms with Crippen LogP contribution in [0.4, 0.5) is 0 Å². The fourth-order valence-electron chi connectivity index (χ4n) is 3.01. The van der Waals surface area contributed by atoms with E-state index in [4.69, 9.17) is 23.2 Å². The Labute approximate surface area is 206 Å². The van der Waals surface area contributed by atoms with Gasteiger partial charge in [-0.1, -0.05) is 75.5 Å². The molecule has 0 atom stereocenters. The summed E-state index contributed by atoms with van der Waals surface area (Å²) in [5.41, 5.74) is 1.67. The van der Waals surface area contributed by atoms with E-state index in [1.807, 2.05) is 30.3 Å². The molecule has 5 nitrogen and oxygen atoms in total. The normalized spacial score (nSPS) is 11.5. The summed E-state index contributed by atoms with van der Waals surface area (Å²) in [4.78, 5) is 12.8. The van der Waals surface area contributed by atoms with Crippen molar-refractivity contribution in [2.45, 2.75) is 17.9 Å². The maximum Gasteiger partial charge on any atom is 0.243 e. The summed E-state index contributed by atoms with van der Waals surface area (Å²) in [5, 5.41) is 3.67. The van der Waals surface area contributed by atoms with Gasteiger partial charge >= 0.3 is 0 Å². The summed E-state index contributed by atoms with van der Waals surface area (Å²) in [6.07, 6.45) is 0.479. The van der Waals surface area contributed by atoms with Gasteiger partial charge in [-0.25, -0.2) is 8.42 Å². The Balaban J connectivity index is 1.75. The number of nitrogens with zero attached hydrogens (tertiary/aromatic N) is 1. The van der Waals surface area contributed by atoms with Crippen LogP contribution in [-0.4, -0.2) is 31.7 Å². The van der Waals surface area contributed by atoms with Gasteiger partial charge in [0.15, 0.2) is 0 Å². The molecule has 0 fully saturated rings. The number of carbonyl (C=O) groups is 1. The Morgan fingerprint density at radius 3 is 2.31 bits per heavy atom. The van der Waals surface area contributed by atoms with E-state index >= 15 is 0 Å². The average molecular weight is 556 g/mol. The van der Waals surface area contributed by atoms with Crippen LogP contribution >= 0.6 is 39.1 Å². The van der Waals surface area contributed by atoms with Gasteiger partial charge in [0.25, 0.3) is 0 Å². The molecule has 0 spiro atoms. The first-order valence-electron chi connectivity index (χ1n) is 9.76. The summed E-state index contributed by atoms with van der Waals surface area (Å²) in [6.45, 7) is 0.0215. The lowest BCUT2D eigenvalue weighted by Gasteiger charge is -2.22. The first-order valence-corrected chi connectivity index (χ1v) is 12.7. The minimum absolute atomic E-state index is 0.127. The van der Waals surface area contributed by atoms with Gasteiger partial charge < -0.3 is 5.32 Å². The fraction of sp³-hybridized carbons (Fsp3) is 0.174. The third kappa shape index (κ3) is 6.80. The molecule has 3 rings (SSSR count). The zero-order valence-electron chi connectivity index (χ0n) is 17.0. The Kier molecular flexibility index (Phi) is 8.73. The molecular weight excluding hydrogens is 535 g/mol. The van der Waals surface area contributed by atoms with Crippen molar-refractivity contribution in [2.24, 2.45) is 0 Å². The summed E-state index contributed by atoms with van der Waals surface area (Å²) in [6, 6.07) is 20.9. The summed E-state index contributed by atoms with van der Waals surface area (Å²) in [7, 11) is -3.87. The van der Waals surface area contributed by atoms with Gasteiger partial charge in [0.2, 0.25) is 15.9 Å². The molecule has 3 aromatic rings. The molecule has 1 amide bonds. The quantitative estimate of drug-likeness (QED) is 0.389. The van der Waals surface area contributed by atoms with Crippen LogP contribution in [0.25, 0.3) is 0 Å². The van der Waals surface area contributed by atoms with Crippen LogP contribution < -0.4 is 5.32 Å². The molecule has 0 unspecified atom stereocenters. The largest absolute Gasteiger partial charge is 0.351 e. The third-order valence-electron chi connectivity index (χ3n) is 4.76. The number of halogens is 3. The lowest BCUT2D eigenvalue weighted by atomic mass is 10.1. The molecule has 0 aromatic heterocycles. The van der Waals surface area contributed by atoms with Crippen molar-refractivity contribution >= 4 is 55.1 Å². The summed E-state index contributed by atoms with van der Waals surface area (Å²) >= 11 is 15.4. The van der Waals surface area contributed by atoms with E-state index in [0.717, 1.165) is 10.0 Å². The molecule has 0 aliphatic heterocycles. The smallest absolute Gasteiger partial charge is 0.243 e. The maximum absolute atomic E-state index is 13.3. The van der Waals surface area contributed by atoms with Crippen LogP contribution in [0.2, 0.25) is 10.0 Å². The van der Waals surface area contributed by atoms with Gasteiger partial charge in [0, 0.05) is 27.6 Å². The van der Waals surface area contributed by atoms with Gasteiger partial charge in [-0.2, -0.15) is 4.31 Å². The van der Waals surface area contributed by atoms with Crippen LogP contribution in [0.1, 0.15) is 11.1 Å². The second-order valence-corrected chi connectivity index (χ2v) is 10.7. The van der Waals surface area contributed by atoms with Crippen LogP contribution in [0.15, 0.2) is 82.2 Å². The molecule has 0 saturated carbocycles. The Hall–Kier alpha value is -1.90. The predicted octanol–water partition coefficient (Wildman–Crippen LogP) is 5.31. The molecular formula is C23H21BrCl2N2O3S. The molecule has 0 aliphatic rings. The van der Waals surface area contributed by atoms with Crippen molar-refractivity contribution in [3.05, 3.63) is 98.4 Å².